The summed E-state index contributed by atoms with van der Waals surface area (Å²) >= 11 is 0. The van der Waals surface area contributed by atoms with Gasteiger partial charge in [0.1, 0.15) is 17.3 Å². The zero-order valence-corrected chi connectivity index (χ0v) is 25.0. The Kier molecular flexibility index (Phi) is 11.4. The molecule has 2 atom stereocenters. The van der Waals surface area contributed by atoms with E-state index in [-0.39, 0.29) is 68.7 Å². The standard InChI is InChI=1S/C30H41N5O7/c1-6-24(36)22-19-23(32-26(31-22)20-11-9-8-10-12-20)27(38)33-21(13-14-25(37)42-30(3,4)5)28(39)34-15-17-35(18-16-34)29(40)41-7-2/h8-12,19,21,24,36H,6-7,13-18H2,1-5H3,(H,33,38)/t21-,24?/m0/s1. The number of amides is 3. The maximum absolute atomic E-state index is 13.6. The summed E-state index contributed by atoms with van der Waals surface area (Å²) < 4.78 is 10.5. The van der Waals surface area contributed by atoms with Gasteiger partial charge in [0.15, 0.2) is 5.82 Å². The summed E-state index contributed by atoms with van der Waals surface area (Å²) in [5.41, 5.74) is 0.222. The van der Waals surface area contributed by atoms with Gasteiger partial charge in [-0.3, -0.25) is 14.4 Å². The smallest absolute Gasteiger partial charge is 0.409 e. The highest BCUT2D eigenvalue weighted by molar-refractivity contribution is 5.96. The van der Waals surface area contributed by atoms with Crippen LogP contribution in [0.25, 0.3) is 11.4 Å². The van der Waals surface area contributed by atoms with E-state index in [9.17, 15) is 24.3 Å². The Morgan fingerprint density at radius 1 is 1.00 bits per heavy atom. The van der Waals surface area contributed by atoms with E-state index in [1.54, 1.807) is 51.7 Å². The van der Waals surface area contributed by atoms with E-state index < -0.39 is 35.7 Å². The molecule has 2 heterocycles. The zero-order chi connectivity index (χ0) is 30.9. The molecule has 12 nitrogen and oxygen atoms in total. The van der Waals surface area contributed by atoms with Crippen LogP contribution in [-0.2, 0) is 19.1 Å². The molecule has 0 spiro atoms. The van der Waals surface area contributed by atoms with Crippen molar-refractivity contribution in [3.05, 3.63) is 47.8 Å². The molecule has 1 fully saturated rings. The van der Waals surface area contributed by atoms with Crippen LogP contribution in [0, 0.1) is 0 Å². The predicted molar refractivity (Wildman–Crippen MR) is 154 cm³/mol. The number of carbonyl (C=O) groups excluding carboxylic acids is 4. The van der Waals surface area contributed by atoms with Crippen molar-refractivity contribution in [2.24, 2.45) is 0 Å². The fourth-order valence-corrected chi connectivity index (χ4v) is 4.37. The van der Waals surface area contributed by atoms with E-state index >= 15 is 0 Å². The van der Waals surface area contributed by atoms with Crippen LogP contribution < -0.4 is 5.32 Å². The number of carbonyl (C=O) groups is 4. The lowest BCUT2D eigenvalue weighted by Gasteiger charge is -2.36. The van der Waals surface area contributed by atoms with Gasteiger partial charge in [0, 0.05) is 38.2 Å². The van der Waals surface area contributed by atoms with Crippen molar-refractivity contribution in [3.63, 3.8) is 0 Å². The van der Waals surface area contributed by atoms with Crippen LogP contribution in [-0.4, -0.2) is 93.2 Å². The molecule has 0 radical (unpaired) electrons. The average molecular weight is 584 g/mol. The fraction of sp³-hybridized carbons (Fsp3) is 0.533. The third-order valence-electron chi connectivity index (χ3n) is 6.52. The first-order valence-corrected chi connectivity index (χ1v) is 14.3. The van der Waals surface area contributed by atoms with Crippen LogP contribution in [0.2, 0.25) is 0 Å². The number of piperazine rings is 1. The molecule has 228 valence electrons. The molecule has 1 aliphatic heterocycles. The van der Waals surface area contributed by atoms with Gasteiger partial charge in [0.25, 0.3) is 5.91 Å². The summed E-state index contributed by atoms with van der Waals surface area (Å²) in [5.74, 6) is -1.27. The van der Waals surface area contributed by atoms with Crippen molar-refractivity contribution >= 4 is 23.9 Å². The van der Waals surface area contributed by atoms with E-state index in [2.05, 4.69) is 15.3 Å². The number of nitrogens with zero attached hydrogens (tertiary/aromatic N) is 4. The Morgan fingerprint density at radius 3 is 2.24 bits per heavy atom. The molecule has 1 unspecified atom stereocenters. The number of aliphatic hydroxyl groups excluding tert-OH is 1. The Morgan fingerprint density at radius 2 is 1.64 bits per heavy atom. The van der Waals surface area contributed by atoms with Crippen LogP contribution in [0.3, 0.4) is 0 Å². The van der Waals surface area contributed by atoms with Crippen LogP contribution in [0.5, 0.6) is 0 Å². The number of esters is 1. The number of aromatic nitrogens is 2. The van der Waals surface area contributed by atoms with Gasteiger partial charge >= 0.3 is 12.1 Å². The van der Waals surface area contributed by atoms with Gasteiger partial charge in [0.05, 0.1) is 18.4 Å². The van der Waals surface area contributed by atoms with E-state index in [0.717, 1.165) is 0 Å². The highest BCUT2D eigenvalue weighted by atomic mass is 16.6. The normalized spacial score (nSPS) is 15.0. The first-order chi connectivity index (χ1) is 19.9. The van der Waals surface area contributed by atoms with Gasteiger partial charge in [-0.2, -0.15) is 0 Å². The lowest BCUT2D eigenvalue weighted by atomic mass is 10.1. The Bertz CT molecular complexity index is 1240. The van der Waals surface area contributed by atoms with E-state index in [0.29, 0.717) is 12.0 Å². The van der Waals surface area contributed by atoms with Gasteiger partial charge in [-0.1, -0.05) is 37.3 Å². The average Bonchev–Trinajstić information content (AvgIpc) is 2.97. The highest BCUT2D eigenvalue weighted by Gasteiger charge is 2.32. The molecule has 1 aromatic carbocycles. The van der Waals surface area contributed by atoms with Crippen molar-refractivity contribution in [2.75, 3.05) is 32.8 Å². The van der Waals surface area contributed by atoms with Crippen LogP contribution in [0.1, 0.15) is 76.2 Å². The molecule has 1 saturated heterocycles. The second kappa shape index (κ2) is 14.7. The second-order valence-corrected chi connectivity index (χ2v) is 11.0. The Hall–Kier alpha value is -4.06. The number of hydrogen-bond acceptors (Lipinski definition) is 9. The zero-order valence-electron chi connectivity index (χ0n) is 25.0. The molecule has 0 aliphatic carbocycles. The fourth-order valence-electron chi connectivity index (χ4n) is 4.37. The molecule has 42 heavy (non-hydrogen) atoms. The van der Waals surface area contributed by atoms with E-state index in [1.165, 1.54) is 11.0 Å². The molecule has 12 heteroatoms. The van der Waals surface area contributed by atoms with Gasteiger partial charge < -0.3 is 29.7 Å². The number of rotatable bonds is 10. The summed E-state index contributed by atoms with van der Waals surface area (Å²) in [6.07, 6.45) is -1.08. The minimum absolute atomic E-state index is 0.00134. The monoisotopic (exact) mass is 583 g/mol. The first-order valence-electron chi connectivity index (χ1n) is 14.3. The van der Waals surface area contributed by atoms with E-state index in [1.807, 2.05) is 18.2 Å². The largest absolute Gasteiger partial charge is 0.460 e. The lowest BCUT2D eigenvalue weighted by molar-refractivity contribution is -0.155. The molecular weight excluding hydrogens is 542 g/mol. The molecule has 0 bridgehead atoms. The van der Waals surface area contributed by atoms with Gasteiger partial charge in [-0.25, -0.2) is 14.8 Å². The Labute approximate surface area is 246 Å². The SMILES string of the molecule is CCOC(=O)N1CCN(C(=O)[C@H](CCC(=O)OC(C)(C)C)NC(=O)c2cc(C(O)CC)nc(-c3ccccc3)n2)CC1. The maximum Gasteiger partial charge on any atom is 0.409 e. The summed E-state index contributed by atoms with van der Waals surface area (Å²) in [7, 11) is 0. The van der Waals surface area contributed by atoms with Crippen molar-refractivity contribution in [1.82, 2.24) is 25.1 Å². The molecule has 3 amide bonds. The number of ether oxygens (including phenoxy) is 2. The molecule has 1 aromatic heterocycles. The second-order valence-electron chi connectivity index (χ2n) is 11.0. The predicted octanol–water partition coefficient (Wildman–Crippen LogP) is 3.11. The Balaban J connectivity index is 1.84. The third-order valence-corrected chi connectivity index (χ3v) is 6.52. The molecule has 2 N–H and O–H groups in total. The minimum Gasteiger partial charge on any atom is -0.460 e. The number of hydrogen-bond donors (Lipinski definition) is 2. The van der Waals surface area contributed by atoms with Gasteiger partial charge in [0.2, 0.25) is 5.91 Å². The van der Waals surface area contributed by atoms with Crippen LogP contribution >= 0.6 is 0 Å². The summed E-state index contributed by atoms with van der Waals surface area (Å²) in [5, 5.41) is 13.3. The van der Waals surface area contributed by atoms with Crippen molar-refractivity contribution < 1.29 is 33.8 Å². The van der Waals surface area contributed by atoms with Gasteiger partial charge in [-0.05, 0) is 46.6 Å². The van der Waals surface area contributed by atoms with Crippen LogP contribution in [0.15, 0.2) is 36.4 Å². The minimum atomic E-state index is -1.06. The summed E-state index contributed by atoms with van der Waals surface area (Å²) in [6, 6.07) is 9.40. The maximum atomic E-state index is 13.6. The highest BCUT2D eigenvalue weighted by Crippen LogP contribution is 2.21. The summed E-state index contributed by atoms with van der Waals surface area (Å²) in [4.78, 5) is 63.7. The number of nitrogens with one attached hydrogen (secondary N) is 1. The van der Waals surface area contributed by atoms with Crippen molar-refractivity contribution in [3.8, 4) is 11.4 Å². The van der Waals surface area contributed by atoms with E-state index in [4.69, 9.17) is 9.47 Å². The number of benzene rings is 1. The van der Waals surface area contributed by atoms with Crippen molar-refractivity contribution in [1.29, 1.82) is 0 Å². The molecule has 1 aliphatic rings. The third kappa shape index (κ3) is 9.23. The molecule has 3 rings (SSSR count). The lowest BCUT2D eigenvalue weighted by Crippen LogP contribution is -2.56. The molecular formula is C30H41N5O7. The summed E-state index contributed by atoms with van der Waals surface area (Å²) in [6.45, 7) is 10.1. The first kappa shape index (κ1) is 32.5. The number of aliphatic hydroxyl groups is 1. The topological polar surface area (TPSA) is 151 Å². The van der Waals surface area contributed by atoms with Crippen LogP contribution in [0.4, 0.5) is 4.79 Å². The van der Waals surface area contributed by atoms with Crippen molar-refractivity contribution in [2.45, 2.75) is 71.6 Å². The molecule has 0 saturated carbocycles. The quantitative estimate of drug-likeness (QED) is 0.402. The molecule has 2 aromatic rings. The van der Waals surface area contributed by atoms with Gasteiger partial charge in [-0.15, -0.1) is 0 Å².